The fourth-order valence-electron chi connectivity index (χ4n) is 3.02. The van der Waals surface area contributed by atoms with E-state index in [-0.39, 0.29) is 10.8 Å². The fraction of sp³-hybridized carbons (Fsp3) is 0.294. The van der Waals surface area contributed by atoms with Crippen molar-refractivity contribution in [3.05, 3.63) is 52.7 Å². The van der Waals surface area contributed by atoms with Crippen LogP contribution in [0.5, 0.6) is 0 Å². The summed E-state index contributed by atoms with van der Waals surface area (Å²) in [5.74, 6) is 0.865. The highest BCUT2D eigenvalue weighted by atomic mass is 35.5. The minimum atomic E-state index is -3.57. The van der Waals surface area contributed by atoms with Gasteiger partial charge in [-0.25, -0.2) is 8.42 Å². The van der Waals surface area contributed by atoms with Gasteiger partial charge in [-0.2, -0.15) is 4.31 Å². The predicted octanol–water partition coefficient (Wildman–Crippen LogP) is 4.02. The maximum absolute atomic E-state index is 12.9. The molecule has 1 atom stereocenters. The van der Waals surface area contributed by atoms with Gasteiger partial charge in [0.05, 0.1) is 15.7 Å². The van der Waals surface area contributed by atoms with Crippen LogP contribution in [0.25, 0.3) is 10.8 Å². The third-order valence-corrected chi connectivity index (χ3v) is 7.35. The topological polar surface area (TPSA) is 76.3 Å². The molecule has 1 fully saturated rings. The average Bonchev–Trinajstić information content (AvgIpc) is 3.34. The van der Waals surface area contributed by atoms with Gasteiger partial charge in [-0.15, -0.1) is 21.5 Å². The number of hydrogen-bond acceptors (Lipinski definition) is 6. The third-order valence-electron chi connectivity index (χ3n) is 4.36. The third kappa shape index (κ3) is 3.42. The van der Waals surface area contributed by atoms with Crippen LogP contribution in [0.1, 0.15) is 24.7 Å². The summed E-state index contributed by atoms with van der Waals surface area (Å²) in [4.78, 5) is 1.15. The Morgan fingerprint density at radius 2 is 2.00 bits per heavy atom. The summed E-state index contributed by atoms with van der Waals surface area (Å²) in [5.41, 5.74) is 0. The molecule has 0 radical (unpaired) electrons. The summed E-state index contributed by atoms with van der Waals surface area (Å²) in [7, 11) is -3.57. The van der Waals surface area contributed by atoms with Gasteiger partial charge >= 0.3 is 0 Å². The fourth-order valence-corrected chi connectivity index (χ4v) is 5.31. The molecule has 6 nitrogen and oxygen atoms in total. The molecule has 0 unspecified atom stereocenters. The number of aromatic nitrogens is 2. The van der Waals surface area contributed by atoms with Crippen molar-refractivity contribution < 1.29 is 12.8 Å². The lowest BCUT2D eigenvalue weighted by molar-refractivity contribution is 0.286. The van der Waals surface area contributed by atoms with E-state index in [1.165, 1.54) is 27.8 Å². The van der Waals surface area contributed by atoms with E-state index in [2.05, 4.69) is 10.2 Å². The Hall–Kier alpha value is -1.74. The van der Waals surface area contributed by atoms with Gasteiger partial charge in [0.15, 0.2) is 0 Å². The number of nitrogens with zero attached hydrogens (tertiary/aromatic N) is 3. The average molecular weight is 410 g/mol. The molecule has 0 spiro atoms. The van der Waals surface area contributed by atoms with E-state index >= 15 is 0 Å². The first-order valence-corrected chi connectivity index (χ1v) is 10.9. The Kier molecular flexibility index (Phi) is 4.83. The van der Waals surface area contributed by atoms with Crippen LogP contribution in [-0.4, -0.2) is 36.0 Å². The summed E-state index contributed by atoms with van der Waals surface area (Å²) < 4.78 is 33.1. The number of sulfonamides is 1. The van der Waals surface area contributed by atoms with Gasteiger partial charge in [-0.1, -0.05) is 17.7 Å². The molecule has 1 aliphatic heterocycles. The molecular weight excluding hydrogens is 394 g/mol. The molecule has 4 rings (SSSR count). The summed E-state index contributed by atoms with van der Waals surface area (Å²) in [6.45, 7) is 0.810. The molecule has 26 heavy (non-hydrogen) atoms. The summed E-state index contributed by atoms with van der Waals surface area (Å²) >= 11 is 7.39. The van der Waals surface area contributed by atoms with Crippen LogP contribution < -0.4 is 0 Å². The number of piperidine rings is 1. The highest BCUT2D eigenvalue weighted by Crippen LogP contribution is 2.32. The zero-order valence-corrected chi connectivity index (χ0v) is 16.1. The molecule has 0 N–H and O–H groups in total. The van der Waals surface area contributed by atoms with E-state index in [4.69, 9.17) is 16.0 Å². The van der Waals surface area contributed by atoms with E-state index < -0.39 is 10.0 Å². The Morgan fingerprint density at radius 1 is 1.19 bits per heavy atom. The molecule has 0 bridgehead atoms. The van der Waals surface area contributed by atoms with Crippen molar-refractivity contribution in [3.63, 3.8) is 0 Å². The van der Waals surface area contributed by atoms with Crippen LogP contribution in [0, 0.1) is 0 Å². The smallest absolute Gasteiger partial charge is 0.257 e. The number of hydrogen-bond donors (Lipinski definition) is 0. The van der Waals surface area contributed by atoms with Crippen LogP contribution in [0.15, 0.2) is 51.1 Å². The predicted molar refractivity (Wildman–Crippen MR) is 99.8 cm³/mol. The van der Waals surface area contributed by atoms with Crippen LogP contribution >= 0.6 is 22.9 Å². The highest BCUT2D eigenvalue weighted by molar-refractivity contribution is 7.89. The van der Waals surface area contributed by atoms with Crippen LogP contribution in [0.4, 0.5) is 0 Å². The molecule has 2 aromatic heterocycles. The second-order valence-electron chi connectivity index (χ2n) is 6.08. The van der Waals surface area contributed by atoms with Crippen molar-refractivity contribution in [1.82, 2.24) is 14.5 Å². The molecule has 136 valence electrons. The molecule has 1 aromatic carbocycles. The lowest BCUT2D eigenvalue weighted by Crippen LogP contribution is -2.39. The van der Waals surface area contributed by atoms with Crippen molar-refractivity contribution in [3.8, 4) is 10.8 Å². The van der Waals surface area contributed by atoms with E-state index in [0.717, 1.165) is 17.7 Å². The summed E-state index contributed by atoms with van der Waals surface area (Å²) in [6.07, 6.45) is 1.56. The highest BCUT2D eigenvalue weighted by Gasteiger charge is 2.33. The maximum Gasteiger partial charge on any atom is 0.257 e. The zero-order chi connectivity index (χ0) is 18.1. The van der Waals surface area contributed by atoms with E-state index in [0.29, 0.717) is 29.9 Å². The number of halogens is 1. The quantitative estimate of drug-likeness (QED) is 0.650. The van der Waals surface area contributed by atoms with Gasteiger partial charge in [0, 0.05) is 18.1 Å². The Balaban J connectivity index is 1.55. The van der Waals surface area contributed by atoms with Gasteiger partial charge in [0.25, 0.3) is 5.89 Å². The SMILES string of the molecule is O=S(=O)(c1ccc(Cl)cc1)N1CCC[C@H](c2nnc(-c3cccs3)o2)C1. The van der Waals surface area contributed by atoms with E-state index in [9.17, 15) is 8.42 Å². The minimum Gasteiger partial charge on any atom is -0.420 e. The first-order chi connectivity index (χ1) is 12.5. The molecule has 1 aliphatic rings. The van der Waals surface area contributed by atoms with Gasteiger partial charge in [-0.3, -0.25) is 0 Å². The standard InChI is InChI=1S/C17H16ClN3O3S2/c18-13-5-7-14(8-6-13)26(22,23)21-9-1-3-12(11-21)16-19-20-17(24-16)15-4-2-10-25-15/h2,4-8,10,12H,1,3,9,11H2/t12-/m0/s1. The van der Waals surface area contributed by atoms with Gasteiger partial charge in [0.2, 0.25) is 15.9 Å². The van der Waals surface area contributed by atoms with Gasteiger partial charge < -0.3 is 4.42 Å². The van der Waals surface area contributed by atoms with Crippen molar-refractivity contribution in [1.29, 1.82) is 0 Å². The Morgan fingerprint density at radius 3 is 2.73 bits per heavy atom. The lowest BCUT2D eigenvalue weighted by atomic mass is 10.00. The van der Waals surface area contributed by atoms with Crippen molar-refractivity contribution in [2.75, 3.05) is 13.1 Å². The van der Waals surface area contributed by atoms with Gasteiger partial charge in [0.1, 0.15) is 0 Å². The monoisotopic (exact) mass is 409 g/mol. The largest absolute Gasteiger partial charge is 0.420 e. The lowest BCUT2D eigenvalue weighted by Gasteiger charge is -2.30. The summed E-state index contributed by atoms with van der Waals surface area (Å²) in [5, 5.41) is 10.7. The Labute approximate surface area is 160 Å². The van der Waals surface area contributed by atoms with Crippen molar-refractivity contribution in [2.45, 2.75) is 23.7 Å². The summed E-state index contributed by atoms with van der Waals surface area (Å²) in [6, 6.07) is 10.1. The van der Waals surface area contributed by atoms with Crippen LogP contribution in [-0.2, 0) is 10.0 Å². The molecule has 0 amide bonds. The van der Waals surface area contributed by atoms with Crippen LogP contribution in [0.3, 0.4) is 0 Å². The maximum atomic E-state index is 12.9. The van der Waals surface area contributed by atoms with E-state index in [1.807, 2.05) is 17.5 Å². The van der Waals surface area contributed by atoms with Crippen molar-refractivity contribution >= 4 is 33.0 Å². The second kappa shape index (κ2) is 7.11. The normalized spacial score (nSPS) is 18.9. The number of rotatable bonds is 4. The molecule has 3 heterocycles. The second-order valence-corrected chi connectivity index (χ2v) is 9.40. The van der Waals surface area contributed by atoms with Crippen LogP contribution in [0.2, 0.25) is 5.02 Å². The molecule has 9 heteroatoms. The molecule has 0 aliphatic carbocycles. The number of thiophene rings is 1. The minimum absolute atomic E-state index is 0.105. The van der Waals surface area contributed by atoms with Crippen molar-refractivity contribution in [2.24, 2.45) is 0 Å². The first-order valence-electron chi connectivity index (χ1n) is 8.17. The molecule has 3 aromatic rings. The zero-order valence-electron chi connectivity index (χ0n) is 13.7. The Bertz CT molecular complexity index is 985. The first kappa shape index (κ1) is 17.7. The number of benzene rings is 1. The molecule has 1 saturated heterocycles. The molecular formula is C17H16ClN3O3S2. The van der Waals surface area contributed by atoms with Gasteiger partial charge in [-0.05, 0) is 48.6 Å². The molecule has 0 saturated carbocycles. The van der Waals surface area contributed by atoms with E-state index in [1.54, 1.807) is 12.1 Å².